The topological polar surface area (TPSA) is 205 Å². The number of hydrogen-bond donors (Lipinski definition) is 7. The van der Waals surface area contributed by atoms with Gasteiger partial charge in [-0.1, -0.05) is 24.3 Å². The van der Waals surface area contributed by atoms with Crippen molar-refractivity contribution >= 4 is 12.0 Å². The van der Waals surface area contributed by atoms with Gasteiger partial charge in [-0.2, -0.15) is 0 Å². The van der Waals surface area contributed by atoms with Gasteiger partial charge in [0.05, 0.1) is 19.3 Å². The molecule has 4 rings (SSSR count). The third-order valence-corrected chi connectivity index (χ3v) is 7.06. The van der Waals surface area contributed by atoms with Crippen molar-refractivity contribution in [2.24, 2.45) is 0 Å². The highest BCUT2D eigenvalue weighted by atomic mass is 16.7. The van der Waals surface area contributed by atoms with Gasteiger partial charge in [0.15, 0.2) is 18.7 Å². The first kappa shape index (κ1) is 31.8. The molecule has 0 amide bonds. The second-order valence-corrected chi connectivity index (χ2v) is 10.1. The SMILES string of the molecule is C[C@@H]1O[C@@H](O[C@@H]2[C@@H](O)[C@H](OCCc3ccc(O)cc3)O[C@H](CO)[C@H]2OC(=O)/C=C\c2ccc(O)cc2)[C@H](O)[C@H](O)[C@H]1O. The lowest BCUT2D eigenvalue weighted by Gasteiger charge is -2.46. The van der Waals surface area contributed by atoms with Crippen LogP contribution in [0.4, 0.5) is 0 Å². The van der Waals surface area contributed by atoms with E-state index in [-0.39, 0.29) is 18.1 Å². The van der Waals surface area contributed by atoms with E-state index in [4.69, 9.17) is 23.7 Å². The minimum absolute atomic E-state index is 0.0489. The number of hydrogen-bond acceptors (Lipinski definition) is 13. The minimum Gasteiger partial charge on any atom is -0.508 e. The number of ether oxygens (including phenoxy) is 5. The van der Waals surface area contributed by atoms with Crippen molar-refractivity contribution < 1.29 is 64.2 Å². The quantitative estimate of drug-likeness (QED) is 0.138. The number of esters is 1. The molecule has 2 heterocycles. The zero-order valence-electron chi connectivity index (χ0n) is 22.7. The highest BCUT2D eigenvalue weighted by Gasteiger charge is 2.52. The second-order valence-electron chi connectivity index (χ2n) is 10.1. The average molecular weight is 593 g/mol. The molecule has 7 N–H and O–H groups in total. The first-order valence-electron chi connectivity index (χ1n) is 13.4. The van der Waals surface area contributed by atoms with E-state index in [9.17, 15) is 40.5 Å². The van der Waals surface area contributed by atoms with Crippen molar-refractivity contribution in [1.82, 2.24) is 0 Å². The maximum atomic E-state index is 12.8. The molecule has 0 bridgehead atoms. The number of aliphatic hydroxyl groups excluding tert-OH is 5. The van der Waals surface area contributed by atoms with Crippen LogP contribution in [0.1, 0.15) is 18.1 Å². The molecule has 0 aromatic heterocycles. The molecule has 10 atom stereocenters. The summed E-state index contributed by atoms with van der Waals surface area (Å²) in [6, 6.07) is 12.4. The molecule has 2 aromatic carbocycles. The molecule has 13 heteroatoms. The Labute approximate surface area is 241 Å². The fourth-order valence-corrected chi connectivity index (χ4v) is 4.64. The summed E-state index contributed by atoms with van der Waals surface area (Å²) in [6.07, 6.45) is -11.5. The van der Waals surface area contributed by atoms with E-state index >= 15 is 0 Å². The molecule has 230 valence electrons. The second kappa shape index (κ2) is 14.4. The predicted octanol–water partition coefficient (Wildman–Crippen LogP) is -0.427. The molecule has 2 aliphatic heterocycles. The molecule has 2 saturated heterocycles. The van der Waals surface area contributed by atoms with E-state index in [0.717, 1.165) is 11.6 Å². The molecule has 2 fully saturated rings. The van der Waals surface area contributed by atoms with Crippen molar-refractivity contribution in [1.29, 1.82) is 0 Å². The van der Waals surface area contributed by atoms with Crippen LogP contribution in [-0.4, -0.2) is 116 Å². The van der Waals surface area contributed by atoms with Crippen LogP contribution in [0.25, 0.3) is 6.08 Å². The number of aliphatic hydroxyl groups is 5. The van der Waals surface area contributed by atoms with E-state index in [1.54, 1.807) is 24.3 Å². The van der Waals surface area contributed by atoms with Crippen LogP contribution in [0.15, 0.2) is 54.6 Å². The molecule has 0 unspecified atom stereocenters. The van der Waals surface area contributed by atoms with Gasteiger partial charge >= 0.3 is 5.97 Å². The highest BCUT2D eigenvalue weighted by molar-refractivity contribution is 5.87. The van der Waals surface area contributed by atoms with Gasteiger partial charge in [0.1, 0.15) is 48.1 Å². The number of rotatable bonds is 10. The van der Waals surface area contributed by atoms with Crippen LogP contribution in [0.2, 0.25) is 0 Å². The molecular weight excluding hydrogens is 556 g/mol. The Balaban J connectivity index is 1.51. The largest absolute Gasteiger partial charge is 0.508 e. The minimum atomic E-state index is -1.72. The fraction of sp³-hybridized carbons (Fsp3) is 0.483. The van der Waals surface area contributed by atoms with Gasteiger partial charge in [-0.3, -0.25) is 0 Å². The van der Waals surface area contributed by atoms with Crippen LogP contribution in [0, 0.1) is 0 Å². The highest BCUT2D eigenvalue weighted by Crippen LogP contribution is 2.31. The molecule has 42 heavy (non-hydrogen) atoms. The lowest BCUT2D eigenvalue weighted by atomic mass is 9.97. The van der Waals surface area contributed by atoms with Gasteiger partial charge in [-0.25, -0.2) is 4.79 Å². The van der Waals surface area contributed by atoms with Crippen LogP contribution >= 0.6 is 0 Å². The van der Waals surface area contributed by atoms with Crippen LogP contribution in [0.5, 0.6) is 11.5 Å². The van der Waals surface area contributed by atoms with Gasteiger partial charge < -0.3 is 59.4 Å². The van der Waals surface area contributed by atoms with Gasteiger partial charge in [-0.05, 0) is 54.8 Å². The standard InChI is InChI=1S/C29H36O13/c1-15-22(34)23(35)24(36)29(39-15)42-27-25(37)28(38-13-12-17-4-9-19(32)10-5-17)40-20(14-30)26(27)41-21(33)11-6-16-2-7-18(31)8-3-16/h2-11,15,20,22-32,34-37H,12-14H2,1H3/b11-6-/t15-,20+,22-,23+,24+,25+,26+,27+,28+,29-/m0/s1. The molecule has 13 nitrogen and oxygen atoms in total. The summed E-state index contributed by atoms with van der Waals surface area (Å²) in [4.78, 5) is 12.8. The molecule has 0 aliphatic carbocycles. The summed E-state index contributed by atoms with van der Waals surface area (Å²) in [6.45, 7) is 0.839. The normalized spacial score (nSPS) is 33.5. The van der Waals surface area contributed by atoms with Gasteiger partial charge in [0.2, 0.25) is 0 Å². The smallest absolute Gasteiger partial charge is 0.331 e. The average Bonchev–Trinajstić information content (AvgIpc) is 2.98. The number of phenols is 2. The van der Waals surface area contributed by atoms with Crippen LogP contribution < -0.4 is 0 Å². The van der Waals surface area contributed by atoms with E-state index < -0.39 is 74.0 Å². The number of benzene rings is 2. The monoisotopic (exact) mass is 592 g/mol. The number of carbonyl (C=O) groups is 1. The van der Waals surface area contributed by atoms with Gasteiger partial charge in [0.25, 0.3) is 0 Å². The maximum Gasteiger partial charge on any atom is 0.331 e. The Morgan fingerprint density at radius 1 is 0.833 bits per heavy atom. The van der Waals surface area contributed by atoms with Gasteiger partial charge in [0, 0.05) is 6.08 Å². The van der Waals surface area contributed by atoms with Crippen molar-refractivity contribution in [3.8, 4) is 11.5 Å². The Hall–Kier alpha value is -3.11. The Kier molecular flexibility index (Phi) is 10.9. The summed E-state index contributed by atoms with van der Waals surface area (Å²) >= 11 is 0. The van der Waals surface area contributed by atoms with E-state index in [0.29, 0.717) is 12.0 Å². The molecule has 0 radical (unpaired) electrons. The molecule has 0 saturated carbocycles. The van der Waals surface area contributed by atoms with Crippen molar-refractivity contribution in [2.75, 3.05) is 13.2 Å². The van der Waals surface area contributed by atoms with Gasteiger partial charge in [-0.15, -0.1) is 0 Å². The number of carbonyl (C=O) groups excluding carboxylic acids is 1. The Morgan fingerprint density at radius 3 is 2.12 bits per heavy atom. The lowest BCUT2D eigenvalue weighted by Crippen LogP contribution is -2.65. The summed E-state index contributed by atoms with van der Waals surface area (Å²) in [5.41, 5.74) is 1.41. The zero-order valence-corrected chi connectivity index (χ0v) is 22.7. The number of aromatic hydroxyl groups is 2. The third kappa shape index (κ3) is 7.83. The summed E-state index contributed by atoms with van der Waals surface area (Å²) in [5.74, 6) is -0.724. The summed E-state index contributed by atoms with van der Waals surface area (Å²) in [7, 11) is 0. The van der Waals surface area contributed by atoms with Crippen molar-refractivity contribution in [2.45, 2.75) is 74.8 Å². The fourth-order valence-electron chi connectivity index (χ4n) is 4.64. The van der Waals surface area contributed by atoms with Crippen molar-refractivity contribution in [3.63, 3.8) is 0 Å². The van der Waals surface area contributed by atoms with E-state index in [2.05, 4.69) is 0 Å². The molecule has 2 aliphatic rings. The maximum absolute atomic E-state index is 12.8. The first-order chi connectivity index (χ1) is 20.1. The van der Waals surface area contributed by atoms with E-state index in [1.165, 1.54) is 37.3 Å². The predicted molar refractivity (Wildman–Crippen MR) is 144 cm³/mol. The lowest BCUT2D eigenvalue weighted by molar-refractivity contribution is -0.357. The first-order valence-corrected chi connectivity index (χ1v) is 13.4. The third-order valence-electron chi connectivity index (χ3n) is 7.06. The Bertz CT molecular complexity index is 1170. The van der Waals surface area contributed by atoms with Crippen molar-refractivity contribution in [3.05, 3.63) is 65.7 Å². The molecule has 2 aromatic rings. The number of phenolic OH excluding ortho intramolecular Hbond substituents is 2. The summed E-state index contributed by atoms with van der Waals surface area (Å²) < 4.78 is 28.4. The molecular formula is C29H36O13. The van der Waals surface area contributed by atoms with Crippen LogP contribution in [-0.2, 0) is 34.9 Å². The zero-order chi connectivity index (χ0) is 30.4. The van der Waals surface area contributed by atoms with Crippen LogP contribution in [0.3, 0.4) is 0 Å². The van der Waals surface area contributed by atoms with E-state index in [1.807, 2.05) is 0 Å². The Morgan fingerprint density at radius 2 is 1.48 bits per heavy atom. The molecule has 0 spiro atoms. The summed E-state index contributed by atoms with van der Waals surface area (Å²) in [5, 5.41) is 71.0.